The molecule has 0 N–H and O–H groups in total. The van der Waals surface area contributed by atoms with Gasteiger partial charge in [-0.2, -0.15) is 4.99 Å². The van der Waals surface area contributed by atoms with E-state index in [0.29, 0.717) is 35.0 Å². The van der Waals surface area contributed by atoms with Crippen molar-refractivity contribution in [2.75, 3.05) is 35.0 Å². The van der Waals surface area contributed by atoms with Gasteiger partial charge >= 0.3 is 0 Å². The zero-order chi connectivity index (χ0) is 20.1. The van der Waals surface area contributed by atoms with Crippen molar-refractivity contribution in [1.29, 1.82) is 0 Å². The van der Waals surface area contributed by atoms with E-state index >= 15 is 0 Å². The van der Waals surface area contributed by atoms with Gasteiger partial charge in [-0.25, -0.2) is 0 Å². The van der Waals surface area contributed by atoms with Crippen LogP contribution in [0.25, 0.3) is 10.2 Å². The Morgan fingerprint density at radius 3 is 2.39 bits per heavy atom. The number of thiazole rings is 1. The third kappa shape index (κ3) is 4.02. The van der Waals surface area contributed by atoms with Crippen LogP contribution in [-0.4, -0.2) is 45.5 Å². The lowest BCUT2D eigenvalue weighted by Crippen LogP contribution is -2.19. The summed E-state index contributed by atoms with van der Waals surface area (Å²) in [6.07, 6.45) is 0. The predicted octanol–water partition coefficient (Wildman–Crippen LogP) is 3.12. The maximum absolute atomic E-state index is 12.9. The van der Waals surface area contributed by atoms with Crippen LogP contribution >= 0.6 is 11.3 Å². The SMILES string of the molecule is COCCn1c(=NC(=O)c2ccc(OC)cc2OC)sc2cc(OC)ccc21. The van der Waals surface area contributed by atoms with Gasteiger partial charge in [-0.3, -0.25) is 4.79 Å². The molecule has 0 aliphatic carbocycles. The first-order valence-electron chi connectivity index (χ1n) is 8.58. The number of ether oxygens (including phenoxy) is 4. The first kappa shape index (κ1) is 19.9. The topological polar surface area (TPSA) is 71.3 Å². The number of amides is 1. The minimum absolute atomic E-state index is 0.372. The Kier molecular flexibility index (Phi) is 6.33. The van der Waals surface area contributed by atoms with Crippen LogP contribution in [-0.2, 0) is 11.3 Å². The Bertz CT molecular complexity index is 1050. The minimum Gasteiger partial charge on any atom is -0.497 e. The molecule has 1 heterocycles. The van der Waals surface area contributed by atoms with E-state index in [2.05, 4.69) is 4.99 Å². The van der Waals surface area contributed by atoms with Crippen molar-refractivity contribution >= 4 is 27.5 Å². The normalized spacial score (nSPS) is 11.6. The highest BCUT2D eigenvalue weighted by Gasteiger charge is 2.14. The fourth-order valence-electron chi connectivity index (χ4n) is 2.79. The molecule has 0 saturated heterocycles. The molecule has 3 rings (SSSR count). The molecule has 2 aromatic carbocycles. The second-order valence-corrected chi connectivity index (χ2v) is 6.85. The number of hydrogen-bond donors (Lipinski definition) is 0. The molecule has 0 radical (unpaired) electrons. The van der Waals surface area contributed by atoms with Gasteiger partial charge in [0, 0.05) is 19.7 Å². The van der Waals surface area contributed by atoms with E-state index in [0.717, 1.165) is 16.0 Å². The highest BCUT2D eigenvalue weighted by molar-refractivity contribution is 7.16. The number of aromatic nitrogens is 1. The Morgan fingerprint density at radius 1 is 1.00 bits per heavy atom. The number of fused-ring (bicyclic) bond motifs is 1. The summed E-state index contributed by atoms with van der Waals surface area (Å²) < 4.78 is 24.0. The van der Waals surface area contributed by atoms with E-state index in [1.54, 1.807) is 39.5 Å². The third-order valence-corrected chi connectivity index (χ3v) is 5.29. The smallest absolute Gasteiger partial charge is 0.283 e. The highest BCUT2D eigenvalue weighted by Crippen LogP contribution is 2.26. The zero-order valence-electron chi connectivity index (χ0n) is 16.2. The van der Waals surface area contributed by atoms with Gasteiger partial charge in [0.15, 0.2) is 4.80 Å². The number of methoxy groups -OCH3 is 4. The second kappa shape index (κ2) is 8.90. The van der Waals surface area contributed by atoms with Gasteiger partial charge in [-0.15, -0.1) is 0 Å². The number of benzene rings is 2. The van der Waals surface area contributed by atoms with E-state index < -0.39 is 0 Å². The molecule has 1 aromatic heterocycles. The Balaban J connectivity index is 2.10. The van der Waals surface area contributed by atoms with Crippen molar-refractivity contribution in [3.05, 3.63) is 46.8 Å². The summed E-state index contributed by atoms with van der Waals surface area (Å²) in [6, 6.07) is 10.8. The molecule has 0 bridgehead atoms. The van der Waals surface area contributed by atoms with E-state index in [1.807, 2.05) is 22.8 Å². The van der Waals surface area contributed by atoms with E-state index in [1.165, 1.54) is 18.4 Å². The molecule has 0 aliphatic heterocycles. The van der Waals surface area contributed by atoms with Gasteiger partial charge in [-0.05, 0) is 30.3 Å². The lowest BCUT2D eigenvalue weighted by molar-refractivity contribution is 0.0994. The molecule has 0 unspecified atom stereocenters. The standard InChI is InChI=1S/C20H22N2O5S/c1-24-10-9-22-16-8-6-14(26-3)12-18(16)28-20(22)21-19(23)15-7-5-13(25-2)11-17(15)27-4/h5-8,11-12H,9-10H2,1-4H3. The lowest BCUT2D eigenvalue weighted by Gasteiger charge is -2.08. The monoisotopic (exact) mass is 402 g/mol. The van der Waals surface area contributed by atoms with E-state index in [4.69, 9.17) is 18.9 Å². The maximum Gasteiger partial charge on any atom is 0.283 e. The van der Waals surface area contributed by atoms with Crippen LogP contribution < -0.4 is 19.0 Å². The minimum atomic E-state index is -0.385. The molecule has 1 amide bonds. The summed E-state index contributed by atoms with van der Waals surface area (Å²) >= 11 is 1.42. The Hall–Kier alpha value is -2.84. The lowest BCUT2D eigenvalue weighted by atomic mass is 10.2. The number of carbonyl (C=O) groups excluding carboxylic acids is 1. The summed E-state index contributed by atoms with van der Waals surface area (Å²) in [5, 5.41) is 0. The van der Waals surface area contributed by atoms with Crippen molar-refractivity contribution in [2.45, 2.75) is 6.54 Å². The van der Waals surface area contributed by atoms with Crippen molar-refractivity contribution in [2.24, 2.45) is 4.99 Å². The van der Waals surface area contributed by atoms with Gasteiger partial charge < -0.3 is 23.5 Å². The van der Waals surface area contributed by atoms with Crippen molar-refractivity contribution in [1.82, 2.24) is 4.57 Å². The molecule has 0 spiro atoms. The van der Waals surface area contributed by atoms with Gasteiger partial charge in [0.25, 0.3) is 5.91 Å². The van der Waals surface area contributed by atoms with Gasteiger partial charge in [0.1, 0.15) is 17.2 Å². The maximum atomic E-state index is 12.9. The van der Waals surface area contributed by atoms with Crippen LogP contribution in [0.15, 0.2) is 41.4 Å². The zero-order valence-corrected chi connectivity index (χ0v) is 17.0. The van der Waals surface area contributed by atoms with Crippen molar-refractivity contribution in [3.8, 4) is 17.2 Å². The molecule has 28 heavy (non-hydrogen) atoms. The largest absolute Gasteiger partial charge is 0.497 e. The second-order valence-electron chi connectivity index (χ2n) is 5.85. The van der Waals surface area contributed by atoms with Crippen molar-refractivity contribution in [3.63, 3.8) is 0 Å². The average molecular weight is 402 g/mol. The third-order valence-electron chi connectivity index (χ3n) is 4.25. The van der Waals surface area contributed by atoms with Crippen LogP contribution in [0.2, 0.25) is 0 Å². The summed E-state index contributed by atoms with van der Waals surface area (Å²) in [5.41, 5.74) is 1.34. The molecule has 8 heteroatoms. The molecule has 0 aliphatic rings. The van der Waals surface area contributed by atoms with Gasteiger partial charge in [0.05, 0.1) is 43.7 Å². The van der Waals surface area contributed by atoms with Crippen LogP contribution in [0, 0.1) is 0 Å². The molecule has 0 fully saturated rings. The molecule has 3 aromatic rings. The predicted molar refractivity (Wildman–Crippen MR) is 108 cm³/mol. The van der Waals surface area contributed by atoms with E-state index in [-0.39, 0.29) is 5.91 Å². The van der Waals surface area contributed by atoms with Crippen LogP contribution in [0.5, 0.6) is 17.2 Å². The summed E-state index contributed by atoms with van der Waals surface area (Å²) in [4.78, 5) is 17.8. The van der Waals surface area contributed by atoms with Gasteiger partial charge in [-0.1, -0.05) is 11.3 Å². The molecular formula is C20H22N2O5S. The van der Waals surface area contributed by atoms with E-state index in [9.17, 15) is 4.79 Å². The fraction of sp³-hybridized carbons (Fsp3) is 0.300. The molecule has 148 valence electrons. The quantitative estimate of drug-likeness (QED) is 0.607. The number of carbonyl (C=O) groups is 1. The van der Waals surface area contributed by atoms with Gasteiger partial charge in [0.2, 0.25) is 0 Å². The average Bonchev–Trinajstić information content (AvgIpc) is 3.07. The number of nitrogens with zero attached hydrogens (tertiary/aromatic N) is 2. The summed E-state index contributed by atoms with van der Waals surface area (Å²) in [5.74, 6) is 1.39. The van der Waals surface area contributed by atoms with Crippen molar-refractivity contribution < 1.29 is 23.7 Å². The Labute approximate surface area is 166 Å². The molecule has 0 atom stereocenters. The van der Waals surface area contributed by atoms with Crippen LogP contribution in [0.3, 0.4) is 0 Å². The van der Waals surface area contributed by atoms with Crippen LogP contribution in [0.1, 0.15) is 10.4 Å². The first-order chi connectivity index (χ1) is 13.6. The molecular weight excluding hydrogens is 380 g/mol. The summed E-state index contributed by atoms with van der Waals surface area (Å²) in [6.45, 7) is 1.08. The number of hydrogen-bond acceptors (Lipinski definition) is 6. The Morgan fingerprint density at radius 2 is 1.71 bits per heavy atom. The molecule has 7 nitrogen and oxygen atoms in total. The molecule has 0 saturated carbocycles. The summed E-state index contributed by atoms with van der Waals surface area (Å²) in [7, 11) is 6.34. The fourth-order valence-corrected chi connectivity index (χ4v) is 3.87. The number of rotatable bonds is 7. The van der Waals surface area contributed by atoms with Crippen LogP contribution in [0.4, 0.5) is 0 Å². The highest BCUT2D eigenvalue weighted by atomic mass is 32.1. The first-order valence-corrected chi connectivity index (χ1v) is 9.40.